The van der Waals surface area contributed by atoms with Gasteiger partial charge in [-0.2, -0.15) is 0 Å². The molecule has 0 radical (unpaired) electrons. The highest BCUT2D eigenvalue weighted by molar-refractivity contribution is 6.37. The van der Waals surface area contributed by atoms with E-state index in [1.54, 1.807) is 0 Å². The van der Waals surface area contributed by atoms with Crippen molar-refractivity contribution >= 4 is 22.5 Å². The van der Waals surface area contributed by atoms with Crippen LogP contribution in [0.1, 0.15) is 32.3 Å². The molecule has 2 aromatic carbocycles. The molecule has 0 fully saturated rings. The summed E-state index contributed by atoms with van der Waals surface area (Å²) in [4.78, 5) is 9.95. The van der Waals surface area contributed by atoms with E-state index in [-0.39, 0.29) is 5.41 Å². The number of rotatable bonds is 0. The van der Waals surface area contributed by atoms with Crippen LogP contribution in [0.4, 0.5) is 5.69 Å². The largest absolute Gasteiger partial charge is 0.458 e. The van der Waals surface area contributed by atoms with Gasteiger partial charge in [-0.1, -0.05) is 56.3 Å². The first kappa shape index (κ1) is 16.3. The smallest absolute Gasteiger partial charge is 0.156 e. The SMILES string of the molecule is CC1(C)CC2=CC3=C(CC=C4C3=Nc3ccccc34)OC2=C2N=c3ccccc3=C21. The highest BCUT2D eigenvalue weighted by atomic mass is 16.5. The number of hydrogen-bond acceptors (Lipinski definition) is 3. The number of allylic oxidation sites excluding steroid dienone is 6. The van der Waals surface area contributed by atoms with Crippen LogP contribution in [-0.2, 0) is 4.74 Å². The van der Waals surface area contributed by atoms with Crippen LogP contribution in [0.2, 0.25) is 0 Å². The molecule has 0 saturated heterocycles. The second-order valence-corrected chi connectivity index (χ2v) is 9.15. The third kappa shape index (κ3) is 2.00. The summed E-state index contributed by atoms with van der Waals surface area (Å²) < 4.78 is 6.59. The van der Waals surface area contributed by atoms with Crippen LogP contribution in [0.5, 0.6) is 0 Å². The van der Waals surface area contributed by atoms with Crippen LogP contribution in [0, 0.1) is 5.41 Å². The summed E-state index contributed by atoms with van der Waals surface area (Å²) in [6, 6.07) is 16.8. The quantitative estimate of drug-likeness (QED) is 0.632. The molecule has 0 aromatic heterocycles. The first-order valence-corrected chi connectivity index (χ1v) is 10.5. The van der Waals surface area contributed by atoms with E-state index in [9.17, 15) is 0 Å². The molecule has 0 unspecified atom stereocenters. The van der Waals surface area contributed by atoms with Gasteiger partial charge in [-0.05, 0) is 41.2 Å². The van der Waals surface area contributed by atoms with Crippen molar-refractivity contribution in [2.75, 3.05) is 0 Å². The van der Waals surface area contributed by atoms with Gasteiger partial charge in [0, 0.05) is 28.3 Å². The van der Waals surface area contributed by atoms with Gasteiger partial charge in [0.2, 0.25) is 0 Å². The zero-order valence-electron chi connectivity index (χ0n) is 17.0. The number of benzene rings is 2. The molecule has 30 heavy (non-hydrogen) atoms. The van der Waals surface area contributed by atoms with E-state index >= 15 is 0 Å². The first-order chi connectivity index (χ1) is 14.6. The Balaban J connectivity index is 1.42. The minimum atomic E-state index is -0.00399. The monoisotopic (exact) mass is 388 g/mol. The van der Waals surface area contributed by atoms with Crippen LogP contribution in [0.25, 0.3) is 11.1 Å². The van der Waals surface area contributed by atoms with Crippen molar-refractivity contribution in [2.24, 2.45) is 15.4 Å². The Bertz CT molecular complexity index is 1470. The fraction of sp³-hybridized carbons (Fsp3) is 0.185. The molecule has 0 N–H and O–H groups in total. The fourth-order valence-corrected chi connectivity index (χ4v) is 5.46. The maximum Gasteiger partial charge on any atom is 0.156 e. The minimum absolute atomic E-state index is 0.00399. The summed E-state index contributed by atoms with van der Waals surface area (Å²) in [6.45, 7) is 4.63. The van der Waals surface area contributed by atoms with Crippen molar-refractivity contribution in [3.63, 3.8) is 0 Å². The van der Waals surface area contributed by atoms with Crippen LogP contribution < -0.4 is 10.6 Å². The van der Waals surface area contributed by atoms with Gasteiger partial charge >= 0.3 is 0 Å². The summed E-state index contributed by atoms with van der Waals surface area (Å²) in [7, 11) is 0. The topological polar surface area (TPSA) is 34.0 Å². The Morgan fingerprint density at radius 1 is 0.967 bits per heavy atom. The lowest BCUT2D eigenvalue weighted by Gasteiger charge is -2.37. The molecule has 0 spiro atoms. The first-order valence-electron chi connectivity index (χ1n) is 10.5. The molecule has 2 aliphatic carbocycles. The van der Waals surface area contributed by atoms with Crippen molar-refractivity contribution < 1.29 is 4.74 Å². The lowest BCUT2D eigenvalue weighted by Crippen LogP contribution is -2.31. The van der Waals surface area contributed by atoms with E-state index in [4.69, 9.17) is 14.7 Å². The van der Waals surface area contributed by atoms with Crippen molar-refractivity contribution in [1.29, 1.82) is 0 Å². The summed E-state index contributed by atoms with van der Waals surface area (Å²) in [5.41, 5.74) is 9.25. The molecule has 0 bridgehead atoms. The second kappa shape index (κ2) is 5.37. The molecular weight excluding hydrogens is 368 g/mol. The molecule has 3 heteroatoms. The highest BCUT2D eigenvalue weighted by Gasteiger charge is 2.42. The van der Waals surface area contributed by atoms with Gasteiger partial charge in [0.1, 0.15) is 11.5 Å². The lowest BCUT2D eigenvalue weighted by molar-refractivity contribution is 0.281. The van der Waals surface area contributed by atoms with Gasteiger partial charge < -0.3 is 4.74 Å². The third-order valence-electron chi connectivity index (χ3n) is 6.73. The summed E-state index contributed by atoms with van der Waals surface area (Å²) >= 11 is 0. The molecule has 0 atom stereocenters. The van der Waals surface area contributed by atoms with Gasteiger partial charge in [-0.25, -0.2) is 9.98 Å². The zero-order valence-corrected chi connectivity index (χ0v) is 17.0. The lowest BCUT2D eigenvalue weighted by atomic mass is 9.71. The van der Waals surface area contributed by atoms with E-state index < -0.39 is 0 Å². The molecule has 3 aliphatic heterocycles. The molecular formula is C27H20N2O. The third-order valence-corrected chi connectivity index (χ3v) is 6.73. The fourth-order valence-electron chi connectivity index (χ4n) is 5.46. The van der Waals surface area contributed by atoms with E-state index in [1.807, 2.05) is 0 Å². The van der Waals surface area contributed by atoms with E-state index in [0.717, 1.165) is 52.4 Å². The Morgan fingerprint density at radius 2 is 1.80 bits per heavy atom. The molecule has 0 saturated carbocycles. The molecule has 7 rings (SSSR count). The zero-order chi connectivity index (χ0) is 20.0. The van der Waals surface area contributed by atoms with E-state index in [2.05, 4.69) is 74.5 Å². The van der Waals surface area contributed by atoms with Gasteiger partial charge in [0.25, 0.3) is 0 Å². The molecule has 5 aliphatic rings. The number of fused-ring (bicyclic) bond motifs is 7. The molecule has 0 amide bonds. The Labute approximate surface area is 174 Å². The minimum Gasteiger partial charge on any atom is -0.458 e. The van der Waals surface area contributed by atoms with Crippen molar-refractivity contribution in [2.45, 2.75) is 26.7 Å². The standard InChI is InChI=1S/C27H20N2O/c1-27(2)14-15-13-19-22(12-11-17-16-7-3-5-9-20(16)28-24(17)19)30-26(15)25-23(27)18-8-4-6-10-21(18)29-25/h3-11,13H,12,14H2,1-2H3. The second-order valence-electron chi connectivity index (χ2n) is 9.15. The predicted octanol–water partition coefficient (Wildman–Crippen LogP) is 4.90. The predicted molar refractivity (Wildman–Crippen MR) is 118 cm³/mol. The molecule has 3 nitrogen and oxygen atoms in total. The van der Waals surface area contributed by atoms with Gasteiger partial charge in [0.15, 0.2) is 5.76 Å². The average Bonchev–Trinajstić information content (AvgIpc) is 3.32. The van der Waals surface area contributed by atoms with Crippen molar-refractivity contribution in [3.8, 4) is 0 Å². The van der Waals surface area contributed by atoms with Crippen molar-refractivity contribution in [1.82, 2.24) is 0 Å². The highest BCUT2D eigenvalue weighted by Crippen LogP contribution is 2.52. The molecule has 2 aromatic rings. The number of aliphatic imine (C=N–C) groups is 1. The van der Waals surface area contributed by atoms with Gasteiger partial charge in [-0.15, -0.1) is 0 Å². The Hall–Kier alpha value is -3.46. The molecule has 144 valence electrons. The van der Waals surface area contributed by atoms with Crippen LogP contribution in [0.3, 0.4) is 0 Å². The van der Waals surface area contributed by atoms with E-state index in [0.29, 0.717) is 0 Å². The summed E-state index contributed by atoms with van der Waals surface area (Å²) in [5, 5.41) is 2.29. The van der Waals surface area contributed by atoms with Crippen molar-refractivity contribution in [3.05, 3.63) is 105 Å². The molecule has 3 heterocycles. The van der Waals surface area contributed by atoms with Gasteiger partial charge in [-0.3, -0.25) is 0 Å². The summed E-state index contributed by atoms with van der Waals surface area (Å²) in [5.74, 6) is 1.93. The average molecular weight is 388 g/mol. The normalized spacial score (nSPS) is 21.8. The maximum absolute atomic E-state index is 6.59. The van der Waals surface area contributed by atoms with Crippen LogP contribution in [-0.4, -0.2) is 5.71 Å². The van der Waals surface area contributed by atoms with E-state index in [1.165, 1.54) is 27.5 Å². The van der Waals surface area contributed by atoms with Crippen LogP contribution in [0.15, 0.2) is 99.0 Å². The number of para-hydroxylation sites is 2. The van der Waals surface area contributed by atoms with Crippen LogP contribution >= 0.6 is 0 Å². The Kier molecular flexibility index (Phi) is 2.92. The summed E-state index contributed by atoms with van der Waals surface area (Å²) in [6.07, 6.45) is 6.28. The maximum atomic E-state index is 6.59. The number of ether oxygens (including phenoxy) is 1. The number of nitrogens with zero attached hydrogens (tertiary/aromatic N) is 2. The number of hydrogen-bond donors (Lipinski definition) is 0. The Morgan fingerprint density at radius 3 is 2.73 bits per heavy atom. The van der Waals surface area contributed by atoms with Gasteiger partial charge in [0.05, 0.1) is 16.8 Å².